The van der Waals surface area contributed by atoms with E-state index in [1.807, 2.05) is 24.3 Å². The molecule has 19 heavy (non-hydrogen) atoms. The predicted octanol–water partition coefficient (Wildman–Crippen LogP) is 4.77. The molecular weight excluding hydrogens is 256 g/mol. The number of halogens is 1. The third-order valence-corrected chi connectivity index (χ3v) is 3.18. The summed E-state index contributed by atoms with van der Waals surface area (Å²) in [7, 11) is 0. The minimum Gasteiger partial charge on any atom is -0.289 e. The van der Waals surface area contributed by atoms with Crippen LogP contribution in [0.15, 0.2) is 48.5 Å². The molecule has 0 saturated carbocycles. The topological polar surface area (TPSA) is 17.1 Å². The monoisotopic (exact) mass is 272 g/mol. The molecule has 0 aromatic heterocycles. The third kappa shape index (κ3) is 3.68. The van der Waals surface area contributed by atoms with Gasteiger partial charge in [0.25, 0.3) is 0 Å². The molecule has 2 rings (SSSR count). The van der Waals surface area contributed by atoms with Gasteiger partial charge in [-0.1, -0.05) is 61.8 Å². The first kappa shape index (κ1) is 13.8. The van der Waals surface area contributed by atoms with E-state index >= 15 is 0 Å². The van der Waals surface area contributed by atoms with E-state index in [2.05, 4.69) is 13.8 Å². The number of carbonyl (C=O) groups excluding carboxylic acids is 1. The number of ketones is 1. The van der Waals surface area contributed by atoms with Crippen molar-refractivity contribution in [3.05, 3.63) is 70.2 Å². The lowest BCUT2D eigenvalue weighted by molar-refractivity contribution is 0.103. The Bertz CT molecular complexity index is 570. The van der Waals surface area contributed by atoms with Crippen molar-refractivity contribution in [1.82, 2.24) is 0 Å². The SMILES string of the molecule is CC(C)Cc1ccc(C(=O)c2cccc(Cl)c2)cc1. The van der Waals surface area contributed by atoms with Crippen molar-refractivity contribution in [2.24, 2.45) is 5.92 Å². The Kier molecular flexibility index (Phi) is 4.39. The van der Waals surface area contributed by atoms with E-state index in [9.17, 15) is 4.79 Å². The van der Waals surface area contributed by atoms with E-state index in [0.717, 1.165) is 6.42 Å². The van der Waals surface area contributed by atoms with E-state index < -0.39 is 0 Å². The molecule has 0 amide bonds. The van der Waals surface area contributed by atoms with Gasteiger partial charge in [-0.25, -0.2) is 0 Å². The van der Waals surface area contributed by atoms with Crippen molar-refractivity contribution in [2.75, 3.05) is 0 Å². The first-order valence-electron chi connectivity index (χ1n) is 6.45. The summed E-state index contributed by atoms with van der Waals surface area (Å²) in [5.74, 6) is 0.632. The number of rotatable bonds is 4. The van der Waals surface area contributed by atoms with Crippen molar-refractivity contribution in [2.45, 2.75) is 20.3 Å². The van der Waals surface area contributed by atoms with Gasteiger partial charge in [0.15, 0.2) is 5.78 Å². The Hall–Kier alpha value is -1.60. The van der Waals surface area contributed by atoms with Crippen molar-refractivity contribution in [1.29, 1.82) is 0 Å². The normalized spacial score (nSPS) is 10.7. The molecule has 2 heteroatoms. The van der Waals surface area contributed by atoms with Gasteiger partial charge in [0.05, 0.1) is 0 Å². The molecule has 0 radical (unpaired) electrons. The summed E-state index contributed by atoms with van der Waals surface area (Å²) in [5, 5.41) is 0.585. The van der Waals surface area contributed by atoms with Crippen LogP contribution in [-0.4, -0.2) is 5.78 Å². The van der Waals surface area contributed by atoms with Crippen LogP contribution >= 0.6 is 11.6 Å². The first-order valence-corrected chi connectivity index (χ1v) is 6.83. The van der Waals surface area contributed by atoms with Gasteiger partial charge in [0, 0.05) is 16.1 Å². The zero-order valence-electron chi connectivity index (χ0n) is 11.2. The smallest absolute Gasteiger partial charge is 0.193 e. The molecule has 0 N–H and O–H groups in total. The maximum atomic E-state index is 12.3. The summed E-state index contributed by atoms with van der Waals surface area (Å²) in [6.45, 7) is 4.37. The zero-order valence-corrected chi connectivity index (χ0v) is 11.9. The van der Waals surface area contributed by atoms with Crippen molar-refractivity contribution < 1.29 is 4.79 Å². The lowest BCUT2D eigenvalue weighted by atomic mass is 9.98. The highest BCUT2D eigenvalue weighted by Crippen LogP contribution is 2.16. The summed E-state index contributed by atoms with van der Waals surface area (Å²) in [5.41, 5.74) is 2.59. The number of benzene rings is 2. The fourth-order valence-corrected chi connectivity index (χ4v) is 2.25. The Balaban J connectivity index is 2.20. The average Bonchev–Trinajstić information content (AvgIpc) is 2.38. The van der Waals surface area contributed by atoms with Crippen LogP contribution in [0.1, 0.15) is 35.3 Å². The van der Waals surface area contributed by atoms with E-state index in [1.165, 1.54) is 5.56 Å². The molecule has 2 aromatic carbocycles. The van der Waals surface area contributed by atoms with Gasteiger partial charge in [0.2, 0.25) is 0 Å². The second-order valence-corrected chi connectivity index (χ2v) is 5.57. The second kappa shape index (κ2) is 6.03. The maximum absolute atomic E-state index is 12.3. The summed E-state index contributed by atoms with van der Waals surface area (Å²) >= 11 is 5.91. The molecule has 0 fully saturated rings. The quantitative estimate of drug-likeness (QED) is 0.733. The summed E-state index contributed by atoms with van der Waals surface area (Å²) in [4.78, 5) is 12.3. The standard InChI is InChI=1S/C17H17ClO/c1-12(2)10-13-6-8-14(9-7-13)17(19)15-4-3-5-16(18)11-15/h3-9,11-12H,10H2,1-2H3. The van der Waals surface area contributed by atoms with Crippen LogP contribution in [0, 0.1) is 5.92 Å². The third-order valence-electron chi connectivity index (χ3n) is 2.95. The van der Waals surface area contributed by atoms with Crippen LogP contribution in [-0.2, 0) is 6.42 Å². The fraction of sp³-hybridized carbons (Fsp3) is 0.235. The molecule has 1 nitrogen and oxygen atoms in total. The highest BCUT2D eigenvalue weighted by molar-refractivity contribution is 6.31. The first-order chi connectivity index (χ1) is 9.06. The predicted molar refractivity (Wildman–Crippen MR) is 79.9 cm³/mol. The molecule has 0 saturated heterocycles. The fourth-order valence-electron chi connectivity index (χ4n) is 2.06. The number of carbonyl (C=O) groups is 1. The Morgan fingerprint density at radius 1 is 1.05 bits per heavy atom. The Labute approximate surface area is 119 Å². The summed E-state index contributed by atoms with van der Waals surface area (Å²) in [6, 6.07) is 14.9. The summed E-state index contributed by atoms with van der Waals surface area (Å²) < 4.78 is 0. The number of hydrogen-bond acceptors (Lipinski definition) is 1. The molecule has 0 heterocycles. The minimum atomic E-state index is 0.0126. The number of hydrogen-bond donors (Lipinski definition) is 0. The van der Waals surface area contributed by atoms with Crippen molar-refractivity contribution in [3.63, 3.8) is 0 Å². The van der Waals surface area contributed by atoms with Crippen LogP contribution < -0.4 is 0 Å². The molecule has 2 aromatic rings. The van der Waals surface area contributed by atoms with E-state index in [4.69, 9.17) is 11.6 Å². The van der Waals surface area contributed by atoms with Gasteiger partial charge in [-0.3, -0.25) is 4.79 Å². The molecule has 0 bridgehead atoms. The van der Waals surface area contributed by atoms with Crippen LogP contribution in [0.25, 0.3) is 0 Å². The Morgan fingerprint density at radius 3 is 2.32 bits per heavy atom. The Morgan fingerprint density at radius 2 is 1.74 bits per heavy atom. The van der Waals surface area contributed by atoms with Gasteiger partial charge in [-0.15, -0.1) is 0 Å². The van der Waals surface area contributed by atoms with Crippen molar-refractivity contribution >= 4 is 17.4 Å². The minimum absolute atomic E-state index is 0.0126. The maximum Gasteiger partial charge on any atom is 0.193 e. The highest BCUT2D eigenvalue weighted by Gasteiger charge is 2.09. The van der Waals surface area contributed by atoms with Crippen LogP contribution in [0.5, 0.6) is 0 Å². The summed E-state index contributed by atoms with van der Waals surface area (Å²) in [6.07, 6.45) is 1.03. The molecule has 0 unspecified atom stereocenters. The van der Waals surface area contributed by atoms with Gasteiger partial charge in [-0.2, -0.15) is 0 Å². The lowest BCUT2D eigenvalue weighted by Gasteiger charge is -2.06. The van der Waals surface area contributed by atoms with Gasteiger partial charge < -0.3 is 0 Å². The second-order valence-electron chi connectivity index (χ2n) is 5.13. The molecular formula is C17H17ClO. The average molecular weight is 273 g/mol. The van der Waals surface area contributed by atoms with E-state index in [1.54, 1.807) is 24.3 Å². The van der Waals surface area contributed by atoms with Crippen LogP contribution in [0.4, 0.5) is 0 Å². The molecule has 0 aliphatic carbocycles. The lowest BCUT2D eigenvalue weighted by Crippen LogP contribution is -2.02. The van der Waals surface area contributed by atoms with Crippen LogP contribution in [0.2, 0.25) is 5.02 Å². The largest absolute Gasteiger partial charge is 0.289 e. The van der Waals surface area contributed by atoms with Crippen molar-refractivity contribution in [3.8, 4) is 0 Å². The molecule has 98 valence electrons. The van der Waals surface area contributed by atoms with Gasteiger partial charge in [-0.05, 0) is 30.0 Å². The van der Waals surface area contributed by atoms with E-state index in [0.29, 0.717) is 22.1 Å². The van der Waals surface area contributed by atoms with Gasteiger partial charge in [0.1, 0.15) is 0 Å². The molecule has 0 aliphatic rings. The van der Waals surface area contributed by atoms with Crippen LogP contribution in [0.3, 0.4) is 0 Å². The highest BCUT2D eigenvalue weighted by atomic mass is 35.5. The van der Waals surface area contributed by atoms with Gasteiger partial charge >= 0.3 is 0 Å². The molecule has 0 spiro atoms. The zero-order chi connectivity index (χ0) is 13.8. The molecule has 0 aliphatic heterocycles. The van der Waals surface area contributed by atoms with E-state index in [-0.39, 0.29) is 5.78 Å². The molecule has 0 atom stereocenters.